The van der Waals surface area contributed by atoms with Crippen LogP contribution in [0.4, 0.5) is 0 Å². The summed E-state index contributed by atoms with van der Waals surface area (Å²) in [4.78, 5) is 10.5. The summed E-state index contributed by atoms with van der Waals surface area (Å²) < 4.78 is 0. The molecule has 1 amide bonds. The topological polar surface area (TPSA) is 63.3 Å². The number of nitrogens with two attached hydrogens (primary N) is 1. The van der Waals surface area contributed by atoms with Crippen molar-refractivity contribution in [3.05, 3.63) is 29.8 Å². The lowest BCUT2D eigenvalue weighted by molar-refractivity contribution is 0.100. The highest BCUT2D eigenvalue weighted by Gasteiger charge is 1.96. The molecule has 0 aliphatic rings. The molecule has 4 heteroatoms. The highest BCUT2D eigenvalue weighted by molar-refractivity contribution is 5.92. The third-order valence-corrected chi connectivity index (χ3v) is 1.15. The van der Waals surface area contributed by atoms with Crippen molar-refractivity contribution in [1.29, 1.82) is 0 Å². The molecule has 0 saturated carbocycles. The van der Waals surface area contributed by atoms with Crippen LogP contribution in [0, 0.1) is 0 Å². The van der Waals surface area contributed by atoms with Crippen LogP contribution in [0.1, 0.15) is 10.4 Å². The molecule has 0 saturated heterocycles. The lowest BCUT2D eigenvalue weighted by Crippen LogP contribution is -2.10. The third-order valence-electron chi connectivity index (χ3n) is 1.15. The van der Waals surface area contributed by atoms with E-state index in [1.165, 1.54) is 24.3 Å². The Morgan fingerprint density at radius 3 is 2.09 bits per heavy atom. The van der Waals surface area contributed by atoms with Crippen molar-refractivity contribution in [3.8, 4) is 5.75 Å². The van der Waals surface area contributed by atoms with Gasteiger partial charge in [0.15, 0.2) is 0 Å². The van der Waals surface area contributed by atoms with Crippen LogP contribution < -0.4 is 5.73 Å². The van der Waals surface area contributed by atoms with E-state index in [1.54, 1.807) is 0 Å². The Morgan fingerprint density at radius 2 is 1.73 bits per heavy atom. The molecule has 0 aromatic heterocycles. The normalized spacial score (nSPS) is 8.36. The van der Waals surface area contributed by atoms with Crippen molar-refractivity contribution in [2.75, 3.05) is 0 Å². The molecular formula is C7H8ClNO2. The Balaban J connectivity index is 0.000001000. The van der Waals surface area contributed by atoms with Crippen LogP contribution >= 0.6 is 12.4 Å². The summed E-state index contributed by atoms with van der Waals surface area (Å²) in [5.74, 6) is -0.356. The molecule has 0 atom stereocenters. The van der Waals surface area contributed by atoms with Gasteiger partial charge in [-0.1, -0.05) is 0 Å². The van der Waals surface area contributed by atoms with E-state index in [1.807, 2.05) is 0 Å². The molecule has 11 heavy (non-hydrogen) atoms. The van der Waals surface area contributed by atoms with Gasteiger partial charge in [-0.05, 0) is 24.3 Å². The molecule has 3 nitrogen and oxygen atoms in total. The van der Waals surface area contributed by atoms with Gasteiger partial charge in [0.05, 0.1) is 0 Å². The maximum absolute atomic E-state index is 10.5. The lowest BCUT2D eigenvalue weighted by atomic mass is 10.2. The van der Waals surface area contributed by atoms with Crippen LogP contribution in [-0.4, -0.2) is 11.0 Å². The molecule has 0 heterocycles. The predicted octanol–water partition coefficient (Wildman–Crippen LogP) is 0.913. The van der Waals surface area contributed by atoms with E-state index in [-0.39, 0.29) is 18.2 Å². The number of hydrogen-bond acceptors (Lipinski definition) is 2. The standard InChI is InChI=1S/C7H7NO2.ClH/c8-7(10)5-1-3-6(9)4-2-5;/h1-4,9H,(H2,8,10);1H. The monoisotopic (exact) mass is 173 g/mol. The Kier molecular flexibility index (Phi) is 3.40. The average Bonchev–Trinajstić information content (AvgIpc) is 1.88. The summed E-state index contributed by atoms with van der Waals surface area (Å²) in [7, 11) is 0. The van der Waals surface area contributed by atoms with Gasteiger partial charge in [-0.25, -0.2) is 0 Å². The number of aromatic hydroxyl groups is 1. The van der Waals surface area contributed by atoms with Crippen LogP contribution in [0.5, 0.6) is 5.75 Å². The first kappa shape index (κ1) is 9.78. The lowest BCUT2D eigenvalue weighted by Gasteiger charge is -1.93. The van der Waals surface area contributed by atoms with E-state index in [0.29, 0.717) is 5.56 Å². The molecule has 0 aliphatic heterocycles. The van der Waals surface area contributed by atoms with Crippen molar-refractivity contribution < 1.29 is 9.90 Å². The van der Waals surface area contributed by atoms with Crippen LogP contribution in [0.15, 0.2) is 24.3 Å². The molecule has 0 bridgehead atoms. The summed E-state index contributed by atoms with van der Waals surface area (Å²) in [6.45, 7) is 0. The summed E-state index contributed by atoms with van der Waals surface area (Å²) in [6.07, 6.45) is 0. The fraction of sp³-hybridized carbons (Fsp3) is 0. The van der Waals surface area contributed by atoms with Gasteiger partial charge in [0.1, 0.15) is 5.75 Å². The third kappa shape index (κ3) is 2.47. The van der Waals surface area contributed by atoms with Gasteiger partial charge in [0, 0.05) is 5.56 Å². The number of phenols is 1. The number of carbonyl (C=O) groups excluding carboxylic acids is 1. The zero-order valence-corrected chi connectivity index (χ0v) is 6.47. The smallest absolute Gasteiger partial charge is 0.248 e. The minimum absolute atomic E-state index is 0. The zero-order chi connectivity index (χ0) is 7.56. The van der Waals surface area contributed by atoms with E-state index in [2.05, 4.69) is 0 Å². The van der Waals surface area contributed by atoms with Crippen molar-refractivity contribution >= 4 is 18.3 Å². The van der Waals surface area contributed by atoms with E-state index in [9.17, 15) is 4.79 Å². The Labute approximate surface area is 70.2 Å². The van der Waals surface area contributed by atoms with Gasteiger partial charge in [0.25, 0.3) is 0 Å². The second-order valence-electron chi connectivity index (χ2n) is 1.91. The molecule has 1 aromatic carbocycles. The molecule has 60 valence electrons. The average molecular weight is 174 g/mol. The quantitative estimate of drug-likeness (QED) is 0.663. The van der Waals surface area contributed by atoms with E-state index < -0.39 is 5.91 Å². The molecule has 0 fully saturated rings. The maximum Gasteiger partial charge on any atom is 0.248 e. The fourth-order valence-corrected chi connectivity index (χ4v) is 0.626. The second kappa shape index (κ2) is 3.83. The molecule has 0 unspecified atom stereocenters. The zero-order valence-electron chi connectivity index (χ0n) is 5.65. The second-order valence-corrected chi connectivity index (χ2v) is 1.91. The van der Waals surface area contributed by atoms with Crippen LogP contribution in [-0.2, 0) is 0 Å². The van der Waals surface area contributed by atoms with Gasteiger partial charge in [0.2, 0.25) is 5.91 Å². The Morgan fingerprint density at radius 1 is 1.27 bits per heavy atom. The first-order chi connectivity index (χ1) is 4.70. The van der Waals surface area contributed by atoms with Gasteiger partial charge < -0.3 is 10.8 Å². The van der Waals surface area contributed by atoms with Crippen LogP contribution in [0.3, 0.4) is 0 Å². The largest absolute Gasteiger partial charge is 0.508 e. The number of primary amides is 1. The van der Waals surface area contributed by atoms with Gasteiger partial charge in [-0.2, -0.15) is 0 Å². The van der Waals surface area contributed by atoms with E-state index >= 15 is 0 Å². The molecule has 0 aliphatic carbocycles. The van der Waals surface area contributed by atoms with Gasteiger partial charge in [-0.3, -0.25) is 4.79 Å². The first-order valence-corrected chi connectivity index (χ1v) is 2.79. The highest BCUT2D eigenvalue weighted by atomic mass is 35.5. The molecule has 1 aromatic rings. The number of carbonyl (C=O) groups is 1. The number of amides is 1. The number of hydrogen-bond donors (Lipinski definition) is 2. The summed E-state index contributed by atoms with van der Waals surface area (Å²) in [5.41, 5.74) is 5.34. The minimum Gasteiger partial charge on any atom is -0.508 e. The number of rotatable bonds is 1. The molecule has 0 spiro atoms. The van der Waals surface area contributed by atoms with Gasteiger partial charge in [-0.15, -0.1) is 12.4 Å². The van der Waals surface area contributed by atoms with E-state index in [4.69, 9.17) is 10.8 Å². The molecule has 0 radical (unpaired) electrons. The van der Waals surface area contributed by atoms with Crippen molar-refractivity contribution in [2.24, 2.45) is 5.73 Å². The fourth-order valence-electron chi connectivity index (χ4n) is 0.626. The van der Waals surface area contributed by atoms with Crippen molar-refractivity contribution in [3.63, 3.8) is 0 Å². The summed E-state index contributed by atoms with van der Waals surface area (Å²) in [6, 6.07) is 5.77. The van der Waals surface area contributed by atoms with Crippen LogP contribution in [0.2, 0.25) is 0 Å². The van der Waals surface area contributed by atoms with Crippen molar-refractivity contribution in [2.45, 2.75) is 0 Å². The molecule has 1 rings (SSSR count). The number of phenolic OH excluding ortho intramolecular Hbond substituents is 1. The van der Waals surface area contributed by atoms with Crippen LogP contribution in [0.25, 0.3) is 0 Å². The minimum atomic E-state index is -0.486. The number of benzene rings is 1. The summed E-state index contributed by atoms with van der Waals surface area (Å²) >= 11 is 0. The molecular weight excluding hydrogens is 166 g/mol. The molecule has 3 N–H and O–H groups in total. The SMILES string of the molecule is Cl.NC(=O)c1ccc(O)cc1. The number of halogens is 1. The maximum atomic E-state index is 10.5. The summed E-state index contributed by atoms with van der Waals surface area (Å²) in [5, 5.41) is 8.79. The highest BCUT2D eigenvalue weighted by Crippen LogP contribution is 2.08. The van der Waals surface area contributed by atoms with Gasteiger partial charge >= 0.3 is 0 Å². The predicted molar refractivity (Wildman–Crippen MR) is 43.9 cm³/mol. The Hall–Kier alpha value is -1.22. The van der Waals surface area contributed by atoms with Crippen molar-refractivity contribution in [1.82, 2.24) is 0 Å². The Bertz CT molecular complexity index is 245. The van der Waals surface area contributed by atoms with E-state index in [0.717, 1.165) is 0 Å². The first-order valence-electron chi connectivity index (χ1n) is 2.79.